The number of amides is 1. The smallest absolute Gasteiger partial charge is 0.412 e. The van der Waals surface area contributed by atoms with Gasteiger partial charge < -0.3 is 9.22 Å². The Balaban J connectivity index is 2.44. The Bertz CT molecular complexity index is 509. The molecule has 0 aliphatic carbocycles. The van der Waals surface area contributed by atoms with E-state index in [9.17, 15) is 4.79 Å². The summed E-state index contributed by atoms with van der Waals surface area (Å²) in [5.74, 6) is 5.90. The van der Waals surface area contributed by atoms with Crippen molar-refractivity contribution in [2.45, 2.75) is 13.0 Å². The molecule has 0 aliphatic rings. The van der Waals surface area contributed by atoms with E-state index in [1.807, 2.05) is 21.1 Å². The summed E-state index contributed by atoms with van der Waals surface area (Å²) in [5, 5.41) is 3.23. The lowest BCUT2D eigenvalue weighted by atomic mass is 10.3. The fourth-order valence-corrected chi connectivity index (χ4v) is 1.42. The van der Waals surface area contributed by atoms with Gasteiger partial charge in [-0.1, -0.05) is 17.5 Å². The van der Waals surface area contributed by atoms with Crippen LogP contribution in [-0.2, 0) is 4.74 Å². The van der Waals surface area contributed by atoms with Crippen LogP contribution in [0.15, 0.2) is 24.3 Å². The zero-order valence-electron chi connectivity index (χ0n) is 12.2. The molecular weight excluding hydrogens is 276 g/mol. The van der Waals surface area contributed by atoms with Gasteiger partial charge in [-0.25, -0.2) is 4.79 Å². The van der Waals surface area contributed by atoms with Crippen LogP contribution in [0.4, 0.5) is 10.5 Å². The first-order valence-electron chi connectivity index (χ1n) is 6.28. The van der Waals surface area contributed by atoms with Crippen LogP contribution in [0, 0.1) is 11.8 Å². The molecule has 108 valence electrons. The summed E-state index contributed by atoms with van der Waals surface area (Å²) >= 11 is 5.76. The maximum atomic E-state index is 11.6. The Labute approximate surface area is 125 Å². The third-order valence-electron chi connectivity index (χ3n) is 2.23. The molecule has 0 saturated heterocycles. The SMILES string of the molecule is C[C@H](C#CC[N+](C)(C)C)OC(=O)Nc1ccc(Cl)cc1. The molecule has 0 unspecified atom stereocenters. The van der Waals surface area contributed by atoms with Gasteiger partial charge in [0.05, 0.1) is 21.1 Å². The van der Waals surface area contributed by atoms with Gasteiger partial charge in [0.15, 0.2) is 6.10 Å². The number of carbonyl (C=O) groups excluding carboxylic acids is 1. The molecule has 1 atom stereocenters. The number of halogens is 1. The maximum absolute atomic E-state index is 11.6. The van der Waals surface area contributed by atoms with Gasteiger partial charge in [0.25, 0.3) is 0 Å². The fourth-order valence-electron chi connectivity index (χ4n) is 1.30. The lowest BCUT2D eigenvalue weighted by Crippen LogP contribution is -2.34. The molecule has 0 heterocycles. The lowest BCUT2D eigenvalue weighted by Gasteiger charge is -2.20. The molecule has 1 amide bonds. The number of hydrogen-bond donors (Lipinski definition) is 1. The highest BCUT2D eigenvalue weighted by atomic mass is 35.5. The van der Waals surface area contributed by atoms with E-state index in [2.05, 4.69) is 17.2 Å². The topological polar surface area (TPSA) is 38.3 Å². The first kappa shape index (κ1) is 16.4. The van der Waals surface area contributed by atoms with Crippen LogP contribution in [0.25, 0.3) is 0 Å². The minimum Gasteiger partial charge on any atom is -0.433 e. The molecule has 1 rings (SSSR count). The van der Waals surface area contributed by atoms with Crippen LogP contribution in [0.5, 0.6) is 0 Å². The monoisotopic (exact) mass is 295 g/mol. The number of ether oxygens (including phenoxy) is 1. The van der Waals surface area contributed by atoms with Crippen molar-refractivity contribution in [2.24, 2.45) is 0 Å². The summed E-state index contributed by atoms with van der Waals surface area (Å²) < 4.78 is 5.88. The van der Waals surface area contributed by atoms with Crippen molar-refractivity contribution in [1.82, 2.24) is 0 Å². The Morgan fingerprint density at radius 3 is 2.50 bits per heavy atom. The van der Waals surface area contributed by atoms with Gasteiger partial charge in [-0.3, -0.25) is 5.32 Å². The van der Waals surface area contributed by atoms with Crippen LogP contribution >= 0.6 is 11.6 Å². The van der Waals surface area contributed by atoms with Crippen molar-refractivity contribution in [2.75, 3.05) is 33.0 Å². The minimum absolute atomic E-state index is 0.450. The fraction of sp³-hybridized carbons (Fsp3) is 0.400. The molecule has 1 N–H and O–H groups in total. The number of rotatable bonds is 3. The molecule has 0 saturated carbocycles. The number of benzene rings is 1. The molecular formula is C15H20ClN2O2+. The van der Waals surface area contributed by atoms with Gasteiger partial charge >= 0.3 is 6.09 Å². The number of carbonyl (C=O) groups is 1. The van der Waals surface area contributed by atoms with Crippen LogP contribution in [0.2, 0.25) is 5.02 Å². The van der Waals surface area contributed by atoms with E-state index < -0.39 is 12.2 Å². The van der Waals surface area contributed by atoms with Crippen molar-refractivity contribution in [3.8, 4) is 11.8 Å². The van der Waals surface area contributed by atoms with Crippen molar-refractivity contribution in [1.29, 1.82) is 0 Å². The van der Waals surface area contributed by atoms with E-state index >= 15 is 0 Å². The summed E-state index contributed by atoms with van der Waals surface area (Å²) in [6.07, 6.45) is -0.978. The average molecular weight is 296 g/mol. The first-order valence-corrected chi connectivity index (χ1v) is 6.66. The summed E-state index contributed by atoms with van der Waals surface area (Å²) in [6.45, 7) is 2.44. The zero-order valence-corrected chi connectivity index (χ0v) is 13.0. The molecule has 0 fully saturated rings. The van der Waals surface area contributed by atoms with E-state index in [1.165, 1.54) is 0 Å². The summed E-state index contributed by atoms with van der Waals surface area (Å²) in [4.78, 5) is 11.6. The average Bonchev–Trinajstić information content (AvgIpc) is 2.30. The molecule has 1 aromatic carbocycles. The molecule has 4 nitrogen and oxygen atoms in total. The minimum atomic E-state index is -0.528. The third kappa shape index (κ3) is 7.03. The molecule has 20 heavy (non-hydrogen) atoms. The molecule has 1 aromatic rings. The highest BCUT2D eigenvalue weighted by Crippen LogP contribution is 2.13. The van der Waals surface area contributed by atoms with Gasteiger partial charge in [-0.2, -0.15) is 0 Å². The Kier molecular flexibility index (Phi) is 5.87. The predicted octanol–water partition coefficient (Wildman–Crippen LogP) is 2.99. The molecule has 0 bridgehead atoms. The van der Waals surface area contributed by atoms with E-state index in [0.29, 0.717) is 17.3 Å². The Morgan fingerprint density at radius 2 is 1.95 bits per heavy atom. The van der Waals surface area contributed by atoms with Crippen molar-refractivity contribution in [3.63, 3.8) is 0 Å². The van der Waals surface area contributed by atoms with Gasteiger partial charge in [0, 0.05) is 10.7 Å². The number of anilines is 1. The summed E-state index contributed by atoms with van der Waals surface area (Å²) in [7, 11) is 6.15. The number of hydrogen-bond acceptors (Lipinski definition) is 2. The quantitative estimate of drug-likeness (QED) is 0.688. The number of quaternary nitrogens is 1. The third-order valence-corrected chi connectivity index (χ3v) is 2.49. The molecule has 0 spiro atoms. The van der Waals surface area contributed by atoms with Crippen LogP contribution in [-0.4, -0.2) is 44.4 Å². The standard InChI is InChI=1S/C15H19ClN2O2/c1-12(6-5-11-18(2,3)4)20-15(19)17-14-9-7-13(16)8-10-14/h7-10,12H,11H2,1-4H3/p+1/t12-/m1/s1. The predicted molar refractivity (Wildman–Crippen MR) is 81.7 cm³/mol. The van der Waals surface area contributed by atoms with Crippen LogP contribution < -0.4 is 5.32 Å². The van der Waals surface area contributed by atoms with E-state index in [4.69, 9.17) is 16.3 Å². The van der Waals surface area contributed by atoms with Crippen molar-refractivity contribution in [3.05, 3.63) is 29.3 Å². The highest BCUT2D eigenvalue weighted by molar-refractivity contribution is 6.30. The second-order valence-corrected chi connectivity index (χ2v) is 5.89. The summed E-state index contributed by atoms with van der Waals surface area (Å²) in [6, 6.07) is 6.80. The van der Waals surface area contributed by atoms with Crippen LogP contribution in [0.1, 0.15) is 6.92 Å². The normalized spacial score (nSPS) is 12.1. The van der Waals surface area contributed by atoms with Gasteiger partial charge in [-0.05, 0) is 37.1 Å². The molecule has 0 aromatic heterocycles. The molecule has 0 radical (unpaired) electrons. The molecule has 0 aliphatic heterocycles. The Hall–Kier alpha value is -1.70. The second-order valence-electron chi connectivity index (χ2n) is 5.45. The largest absolute Gasteiger partial charge is 0.433 e. The van der Waals surface area contributed by atoms with Gasteiger partial charge in [-0.15, -0.1) is 0 Å². The van der Waals surface area contributed by atoms with E-state index in [-0.39, 0.29) is 0 Å². The van der Waals surface area contributed by atoms with E-state index in [1.54, 1.807) is 31.2 Å². The molecule has 5 heteroatoms. The van der Waals surface area contributed by atoms with Gasteiger partial charge in [0.1, 0.15) is 6.54 Å². The number of nitrogens with one attached hydrogen (secondary N) is 1. The number of nitrogens with zero attached hydrogens (tertiary/aromatic N) is 1. The van der Waals surface area contributed by atoms with Crippen LogP contribution in [0.3, 0.4) is 0 Å². The second kappa shape index (κ2) is 7.18. The van der Waals surface area contributed by atoms with Crippen molar-refractivity contribution >= 4 is 23.4 Å². The van der Waals surface area contributed by atoms with Gasteiger partial charge in [0.2, 0.25) is 0 Å². The zero-order chi connectivity index (χ0) is 15.2. The summed E-state index contributed by atoms with van der Waals surface area (Å²) in [5.41, 5.74) is 0.630. The van der Waals surface area contributed by atoms with E-state index in [0.717, 1.165) is 4.48 Å². The maximum Gasteiger partial charge on any atom is 0.412 e. The lowest BCUT2D eigenvalue weighted by molar-refractivity contribution is -0.862. The van der Waals surface area contributed by atoms with Crippen molar-refractivity contribution < 1.29 is 14.0 Å². The highest BCUT2D eigenvalue weighted by Gasteiger charge is 2.08. The first-order chi connectivity index (χ1) is 9.26. The Morgan fingerprint density at radius 1 is 1.35 bits per heavy atom.